The molecule has 0 radical (unpaired) electrons. The third-order valence-corrected chi connectivity index (χ3v) is 8.56. The maximum atomic E-state index is 14.3. The summed E-state index contributed by atoms with van der Waals surface area (Å²) in [6.45, 7) is 1.99. The second-order valence-electron chi connectivity index (χ2n) is 9.88. The van der Waals surface area contributed by atoms with E-state index in [-0.39, 0.29) is 17.9 Å². The average Bonchev–Trinajstić information content (AvgIpc) is 3.48. The maximum Gasteiger partial charge on any atom is 0.256 e. The van der Waals surface area contributed by atoms with Crippen molar-refractivity contribution in [1.29, 1.82) is 0 Å². The number of aryl methyl sites for hydroxylation is 1. The zero-order chi connectivity index (χ0) is 30.2. The lowest BCUT2D eigenvalue weighted by molar-refractivity contribution is -0.125. The molecule has 0 aromatic heterocycles. The molecule has 0 saturated carbocycles. The number of thioether (sulfide) groups is 1. The quantitative estimate of drug-likeness (QED) is 0.309. The molecule has 3 aromatic carbocycles. The van der Waals surface area contributed by atoms with Crippen LogP contribution in [0.1, 0.15) is 40.2 Å². The van der Waals surface area contributed by atoms with Crippen LogP contribution in [0.5, 0.6) is 28.7 Å². The van der Waals surface area contributed by atoms with Crippen molar-refractivity contribution < 1.29 is 33.3 Å². The molecule has 3 aromatic rings. The van der Waals surface area contributed by atoms with Crippen molar-refractivity contribution in [3.63, 3.8) is 0 Å². The molecule has 0 aliphatic carbocycles. The van der Waals surface area contributed by atoms with Gasteiger partial charge in [0, 0.05) is 17.4 Å². The van der Waals surface area contributed by atoms with Crippen molar-refractivity contribution in [2.24, 2.45) is 0 Å². The van der Waals surface area contributed by atoms with E-state index in [1.807, 2.05) is 37.3 Å². The van der Waals surface area contributed by atoms with E-state index in [1.54, 1.807) is 37.3 Å². The molecule has 1 aliphatic heterocycles. The van der Waals surface area contributed by atoms with Gasteiger partial charge in [-0.2, -0.15) is 0 Å². The fourth-order valence-electron chi connectivity index (χ4n) is 5.01. The van der Waals surface area contributed by atoms with E-state index in [9.17, 15) is 9.59 Å². The lowest BCUT2D eigenvalue weighted by Crippen LogP contribution is -2.50. The summed E-state index contributed by atoms with van der Waals surface area (Å²) in [6, 6.07) is 18.1. The molecule has 224 valence electrons. The molecule has 1 N–H and O–H groups in total. The Labute approximate surface area is 251 Å². The summed E-state index contributed by atoms with van der Waals surface area (Å²) in [5, 5.41) is 2.69. The molecule has 1 fully saturated rings. The normalized spacial score (nSPS) is 16.9. The van der Waals surface area contributed by atoms with Crippen LogP contribution in [0, 0.1) is 0 Å². The van der Waals surface area contributed by atoms with E-state index in [0.717, 1.165) is 18.4 Å². The van der Waals surface area contributed by atoms with Crippen LogP contribution >= 0.6 is 11.8 Å². The molecule has 9 nitrogen and oxygen atoms in total. The van der Waals surface area contributed by atoms with Gasteiger partial charge in [-0.25, -0.2) is 0 Å². The van der Waals surface area contributed by atoms with Crippen LogP contribution in [0.2, 0.25) is 0 Å². The Morgan fingerprint density at radius 3 is 2.10 bits per heavy atom. The number of hydrogen-bond acceptors (Lipinski definition) is 8. The summed E-state index contributed by atoms with van der Waals surface area (Å²) in [4.78, 5) is 29.6. The summed E-state index contributed by atoms with van der Waals surface area (Å²) in [6.07, 6.45) is 1.61. The van der Waals surface area contributed by atoms with Crippen LogP contribution < -0.4 is 29.0 Å². The Hall–Kier alpha value is -4.05. The van der Waals surface area contributed by atoms with Gasteiger partial charge in [-0.15, -0.1) is 11.8 Å². The predicted octanol–water partition coefficient (Wildman–Crippen LogP) is 5.12. The minimum Gasteiger partial charge on any atom is -0.493 e. The molecule has 3 unspecified atom stereocenters. The second-order valence-corrected chi connectivity index (χ2v) is 11.0. The molecule has 10 heteroatoms. The molecular weight excluding hydrogens is 556 g/mol. The molecule has 4 rings (SSSR count). The van der Waals surface area contributed by atoms with E-state index < -0.39 is 11.4 Å². The molecule has 1 heterocycles. The highest BCUT2D eigenvalue weighted by Crippen LogP contribution is 2.46. The highest BCUT2D eigenvalue weighted by molar-refractivity contribution is 7.99. The van der Waals surface area contributed by atoms with E-state index in [4.69, 9.17) is 23.7 Å². The minimum absolute atomic E-state index is 0.0824. The Morgan fingerprint density at radius 2 is 1.50 bits per heavy atom. The van der Waals surface area contributed by atoms with Crippen molar-refractivity contribution in [3.8, 4) is 28.7 Å². The van der Waals surface area contributed by atoms with Gasteiger partial charge >= 0.3 is 0 Å². The number of amides is 2. The number of carbonyl (C=O) groups excluding carboxylic acids is 2. The number of nitrogens with one attached hydrogen (secondary N) is 1. The Kier molecular flexibility index (Phi) is 10.5. The van der Waals surface area contributed by atoms with Crippen molar-refractivity contribution in [2.45, 2.75) is 37.2 Å². The molecule has 3 atom stereocenters. The predicted molar refractivity (Wildman–Crippen MR) is 163 cm³/mol. The van der Waals surface area contributed by atoms with Gasteiger partial charge in [-0.05, 0) is 55.2 Å². The Morgan fingerprint density at radius 1 is 0.857 bits per heavy atom. The third kappa shape index (κ3) is 6.70. The highest BCUT2D eigenvalue weighted by Gasteiger charge is 2.43. The van der Waals surface area contributed by atoms with Crippen molar-refractivity contribution >= 4 is 23.6 Å². The lowest BCUT2D eigenvalue weighted by Gasteiger charge is -2.30. The summed E-state index contributed by atoms with van der Waals surface area (Å²) >= 11 is 1.52. The standard InChI is InChI=1S/C32H38N2O7S/c1-20(12-13-21-10-8-7-9-11-21)33-30(35)24-19-42-32(22-14-15-25(37-2)26(16-22)38-3)34(24)31(36)23-17-27(39-4)29(41-6)28(18-23)40-5/h7-11,14-18,20,24,32H,12-13,19H2,1-6H3,(H,33,35). The van der Waals surface area contributed by atoms with Gasteiger partial charge in [-0.1, -0.05) is 36.4 Å². The summed E-state index contributed by atoms with van der Waals surface area (Å²) in [7, 11) is 7.63. The van der Waals surface area contributed by atoms with Gasteiger partial charge in [0.05, 0.1) is 35.5 Å². The van der Waals surface area contributed by atoms with Crippen LogP contribution in [0.4, 0.5) is 0 Å². The zero-order valence-electron chi connectivity index (χ0n) is 24.8. The number of benzene rings is 3. The van der Waals surface area contributed by atoms with Gasteiger partial charge in [0.2, 0.25) is 11.7 Å². The number of hydrogen-bond donors (Lipinski definition) is 1. The highest BCUT2D eigenvalue weighted by atomic mass is 32.2. The van der Waals surface area contributed by atoms with Gasteiger partial charge in [0.15, 0.2) is 23.0 Å². The van der Waals surface area contributed by atoms with Gasteiger partial charge < -0.3 is 33.9 Å². The van der Waals surface area contributed by atoms with Crippen LogP contribution in [0.3, 0.4) is 0 Å². The van der Waals surface area contributed by atoms with Gasteiger partial charge in [-0.3, -0.25) is 9.59 Å². The maximum absolute atomic E-state index is 14.3. The summed E-state index contributed by atoms with van der Waals surface area (Å²) in [5.41, 5.74) is 2.33. The Bertz CT molecular complexity index is 1360. The smallest absolute Gasteiger partial charge is 0.256 e. The fraction of sp³-hybridized carbons (Fsp3) is 0.375. The van der Waals surface area contributed by atoms with Gasteiger partial charge in [0.1, 0.15) is 11.4 Å². The lowest BCUT2D eigenvalue weighted by atomic mass is 10.1. The molecule has 0 bridgehead atoms. The number of methoxy groups -OCH3 is 5. The van der Waals surface area contributed by atoms with Crippen LogP contribution in [-0.4, -0.2) is 70.1 Å². The van der Waals surface area contributed by atoms with E-state index in [0.29, 0.717) is 40.1 Å². The van der Waals surface area contributed by atoms with E-state index >= 15 is 0 Å². The molecular formula is C32H38N2O7S. The van der Waals surface area contributed by atoms with E-state index in [2.05, 4.69) is 17.4 Å². The molecule has 42 heavy (non-hydrogen) atoms. The first-order chi connectivity index (χ1) is 20.3. The Balaban J connectivity index is 1.66. The van der Waals surface area contributed by atoms with Crippen LogP contribution in [0.25, 0.3) is 0 Å². The number of nitrogens with zero attached hydrogens (tertiary/aromatic N) is 1. The first-order valence-corrected chi connectivity index (χ1v) is 14.7. The second kappa shape index (κ2) is 14.2. The molecule has 1 aliphatic rings. The molecule has 0 spiro atoms. The molecule has 2 amide bonds. The minimum atomic E-state index is -0.709. The first-order valence-electron chi connectivity index (χ1n) is 13.7. The summed E-state index contributed by atoms with van der Waals surface area (Å²) in [5.74, 6) is 2.09. The largest absolute Gasteiger partial charge is 0.493 e. The van der Waals surface area contributed by atoms with E-state index in [1.165, 1.54) is 38.7 Å². The monoisotopic (exact) mass is 594 g/mol. The SMILES string of the molecule is COc1ccc(C2SCC(C(=O)NC(C)CCc3ccccc3)N2C(=O)c2cc(OC)c(OC)c(OC)c2)cc1OC. The number of carbonyl (C=O) groups is 2. The van der Waals surface area contributed by atoms with Crippen molar-refractivity contribution in [2.75, 3.05) is 41.3 Å². The van der Waals surface area contributed by atoms with Crippen molar-refractivity contribution in [1.82, 2.24) is 10.2 Å². The number of ether oxygens (including phenoxy) is 5. The summed E-state index contributed by atoms with van der Waals surface area (Å²) < 4.78 is 27.4. The zero-order valence-corrected chi connectivity index (χ0v) is 25.7. The number of rotatable bonds is 12. The van der Waals surface area contributed by atoms with Crippen LogP contribution in [0.15, 0.2) is 60.7 Å². The topological polar surface area (TPSA) is 95.6 Å². The van der Waals surface area contributed by atoms with Crippen LogP contribution in [-0.2, 0) is 11.2 Å². The fourth-order valence-corrected chi connectivity index (χ4v) is 6.43. The molecule has 1 saturated heterocycles. The average molecular weight is 595 g/mol. The first kappa shape index (κ1) is 30.9. The third-order valence-electron chi connectivity index (χ3n) is 7.24. The van der Waals surface area contributed by atoms with Crippen molar-refractivity contribution in [3.05, 3.63) is 77.4 Å². The van der Waals surface area contributed by atoms with Gasteiger partial charge in [0.25, 0.3) is 5.91 Å².